The highest BCUT2D eigenvalue weighted by molar-refractivity contribution is 7.89. The summed E-state index contributed by atoms with van der Waals surface area (Å²) in [5.41, 5.74) is 1.46. The number of amides is 1. The molecule has 1 amide bonds. The zero-order valence-electron chi connectivity index (χ0n) is 17.8. The Labute approximate surface area is 173 Å². The Hall–Kier alpha value is -1.97. The molecule has 0 saturated heterocycles. The molecule has 162 valence electrons. The minimum absolute atomic E-state index is 0.0293. The van der Waals surface area contributed by atoms with E-state index in [1.807, 2.05) is 32.4 Å². The van der Waals surface area contributed by atoms with Crippen molar-refractivity contribution in [3.63, 3.8) is 0 Å². The van der Waals surface area contributed by atoms with Crippen molar-refractivity contribution >= 4 is 27.0 Å². The van der Waals surface area contributed by atoms with Crippen molar-refractivity contribution < 1.29 is 17.9 Å². The number of ether oxygens (including phenoxy) is 1. The molecule has 0 bridgehead atoms. The van der Waals surface area contributed by atoms with Gasteiger partial charge in [-0.05, 0) is 31.5 Å². The monoisotopic (exact) mass is 424 g/mol. The fourth-order valence-electron chi connectivity index (χ4n) is 3.19. The van der Waals surface area contributed by atoms with Gasteiger partial charge in [-0.3, -0.25) is 4.79 Å². The first-order valence-electron chi connectivity index (χ1n) is 10.1. The molecule has 0 saturated carbocycles. The summed E-state index contributed by atoms with van der Waals surface area (Å²) in [6.07, 6.45) is 1.60. The predicted molar refractivity (Wildman–Crippen MR) is 113 cm³/mol. The number of hydrogen-bond donors (Lipinski definition) is 1. The Balaban J connectivity index is 2.07. The number of rotatable bonds is 12. The number of nitrogens with zero attached hydrogens (tertiary/aromatic N) is 3. The molecule has 29 heavy (non-hydrogen) atoms. The van der Waals surface area contributed by atoms with Crippen molar-refractivity contribution in [2.75, 3.05) is 32.8 Å². The van der Waals surface area contributed by atoms with E-state index in [2.05, 4.69) is 10.3 Å². The second kappa shape index (κ2) is 10.7. The molecule has 1 heterocycles. The molecule has 9 heteroatoms. The number of carbonyl (C=O) groups excluding carboxylic acids is 1. The Morgan fingerprint density at radius 1 is 1.24 bits per heavy atom. The SMILES string of the molecule is CCOCCCNC(=O)CCc1nc2cc(S(=O)(=O)N(CC)CC)ccc2n1C. The third kappa shape index (κ3) is 5.77. The number of fused-ring (bicyclic) bond motifs is 1. The van der Waals surface area contributed by atoms with Gasteiger partial charge in [-0.2, -0.15) is 4.31 Å². The lowest BCUT2D eigenvalue weighted by Crippen LogP contribution is -2.30. The van der Waals surface area contributed by atoms with Gasteiger partial charge in [-0.1, -0.05) is 13.8 Å². The molecule has 2 rings (SSSR count). The van der Waals surface area contributed by atoms with E-state index in [4.69, 9.17) is 4.74 Å². The fourth-order valence-corrected chi connectivity index (χ4v) is 4.66. The van der Waals surface area contributed by atoms with Crippen molar-refractivity contribution in [2.45, 2.75) is 44.9 Å². The Morgan fingerprint density at radius 2 is 1.97 bits per heavy atom. The van der Waals surface area contributed by atoms with Gasteiger partial charge in [-0.15, -0.1) is 0 Å². The van der Waals surface area contributed by atoms with Crippen LogP contribution in [-0.4, -0.2) is 61.0 Å². The zero-order valence-corrected chi connectivity index (χ0v) is 18.6. The number of sulfonamides is 1. The lowest BCUT2D eigenvalue weighted by Gasteiger charge is -2.18. The number of benzene rings is 1. The number of aromatic nitrogens is 2. The molecule has 8 nitrogen and oxygen atoms in total. The van der Waals surface area contributed by atoms with Crippen molar-refractivity contribution in [1.29, 1.82) is 0 Å². The highest BCUT2D eigenvalue weighted by Crippen LogP contribution is 2.22. The third-order valence-corrected chi connectivity index (χ3v) is 6.90. The molecule has 0 aliphatic rings. The van der Waals surface area contributed by atoms with Crippen molar-refractivity contribution in [2.24, 2.45) is 7.05 Å². The molecule has 0 unspecified atom stereocenters. The van der Waals surface area contributed by atoms with Crippen LogP contribution in [0, 0.1) is 0 Å². The second-order valence-electron chi connectivity index (χ2n) is 6.73. The van der Waals surface area contributed by atoms with E-state index in [0.29, 0.717) is 51.2 Å². The molecule has 0 aliphatic heterocycles. The third-order valence-electron chi connectivity index (χ3n) is 4.86. The quantitative estimate of drug-likeness (QED) is 0.527. The normalized spacial score (nSPS) is 12.0. The van der Waals surface area contributed by atoms with E-state index >= 15 is 0 Å². The summed E-state index contributed by atoms with van der Waals surface area (Å²) in [6.45, 7) is 8.33. The molecular formula is C20H32N4O4S. The van der Waals surface area contributed by atoms with Crippen LogP contribution in [0.4, 0.5) is 0 Å². The van der Waals surface area contributed by atoms with Gasteiger partial charge in [0.15, 0.2) is 0 Å². The first-order valence-corrected chi connectivity index (χ1v) is 11.6. The maximum absolute atomic E-state index is 12.7. The summed E-state index contributed by atoms with van der Waals surface area (Å²) < 4.78 is 34.1. The summed E-state index contributed by atoms with van der Waals surface area (Å²) in [4.78, 5) is 16.8. The Bertz CT molecular complexity index is 920. The second-order valence-corrected chi connectivity index (χ2v) is 8.67. The van der Waals surface area contributed by atoms with E-state index in [0.717, 1.165) is 17.8 Å². The number of imidazole rings is 1. The van der Waals surface area contributed by atoms with E-state index in [1.54, 1.807) is 18.2 Å². The van der Waals surface area contributed by atoms with E-state index in [-0.39, 0.29) is 10.8 Å². The first-order chi connectivity index (χ1) is 13.8. The standard InChI is InChI=1S/C20H32N4O4S/c1-5-24(6-2)29(26,27)16-9-10-18-17(15-16)22-19(23(18)4)11-12-20(25)21-13-8-14-28-7-3/h9-10,15H,5-8,11-14H2,1-4H3,(H,21,25). The van der Waals surface area contributed by atoms with Crippen LogP contribution in [0.2, 0.25) is 0 Å². The minimum Gasteiger partial charge on any atom is -0.382 e. The molecule has 1 aromatic carbocycles. The average molecular weight is 425 g/mol. The smallest absolute Gasteiger partial charge is 0.243 e. The summed E-state index contributed by atoms with van der Waals surface area (Å²) >= 11 is 0. The topological polar surface area (TPSA) is 93.5 Å². The lowest BCUT2D eigenvalue weighted by molar-refractivity contribution is -0.121. The molecule has 1 aromatic heterocycles. The van der Waals surface area contributed by atoms with Crippen molar-refractivity contribution in [3.8, 4) is 0 Å². The van der Waals surface area contributed by atoms with Crippen LogP contribution in [0.1, 0.15) is 39.4 Å². The molecule has 0 spiro atoms. The number of carbonyl (C=O) groups is 1. The van der Waals surface area contributed by atoms with E-state index in [9.17, 15) is 13.2 Å². The zero-order chi connectivity index (χ0) is 21.4. The molecule has 0 atom stereocenters. The van der Waals surface area contributed by atoms with Gasteiger partial charge in [0.1, 0.15) is 5.82 Å². The summed E-state index contributed by atoms with van der Waals surface area (Å²) in [5, 5.41) is 2.88. The summed E-state index contributed by atoms with van der Waals surface area (Å²) in [6, 6.07) is 5.00. The van der Waals surface area contributed by atoms with Gasteiger partial charge in [0, 0.05) is 52.7 Å². The number of hydrogen-bond acceptors (Lipinski definition) is 5. The van der Waals surface area contributed by atoms with Crippen LogP contribution in [0.15, 0.2) is 23.1 Å². The lowest BCUT2D eigenvalue weighted by atomic mass is 10.2. The molecule has 2 aromatic rings. The van der Waals surface area contributed by atoms with Crippen LogP contribution < -0.4 is 5.32 Å². The largest absolute Gasteiger partial charge is 0.382 e. The number of nitrogens with one attached hydrogen (secondary N) is 1. The van der Waals surface area contributed by atoms with Gasteiger partial charge in [0.2, 0.25) is 15.9 Å². The summed E-state index contributed by atoms with van der Waals surface area (Å²) in [5.74, 6) is 0.722. The highest BCUT2D eigenvalue weighted by Gasteiger charge is 2.22. The van der Waals surface area contributed by atoms with Crippen LogP contribution in [-0.2, 0) is 33.0 Å². The minimum atomic E-state index is -3.53. The number of aryl methyl sites for hydroxylation is 2. The Kier molecular flexibility index (Phi) is 8.60. The maximum Gasteiger partial charge on any atom is 0.243 e. The van der Waals surface area contributed by atoms with Gasteiger partial charge in [0.25, 0.3) is 0 Å². The Morgan fingerprint density at radius 3 is 2.62 bits per heavy atom. The molecule has 0 aliphatic carbocycles. The highest BCUT2D eigenvalue weighted by atomic mass is 32.2. The van der Waals surface area contributed by atoms with Crippen molar-refractivity contribution in [3.05, 3.63) is 24.0 Å². The molecule has 1 N–H and O–H groups in total. The van der Waals surface area contributed by atoms with E-state index in [1.165, 1.54) is 4.31 Å². The van der Waals surface area contributed by atoms with Gasteiger partial charge in [-0.25, -0.2) is 13.4 Å². The van der Waals surface area contributed by atoms with Gasteiger partial charge in [0.05, 0.1) is 15.9 Å². The van der Waals surface area contributed by atoms with Crippen LogP contribution in [0.25, 0.3) is 11.0 Å². The average Bonchev–Trinajstić information content (AvgIpc) is 3.02. The van der Waals surface area contributed by atoms with Crippen LogP contribution >= 0.6 is 0 Å². The maximum atomic E-state index is 12.7. The van der Waals surface area contributed by atoms with E-state index < -0.39 is 10.0 Å². The predicted octanol–water partition coefficient (Wildman–Crippen LogP) is 2.08. The van der Waals surface area contributed by atoms with Crippen LogP contribution in [0.5, 0.6) is 0 Å². The van der Waals surface area contributed by atoms with Crippen LogP contribution in [0.3, 0.4) is 0 Å². The molecule has 0 radical (unpaired) electrons. The van der Waals surface area contributed by atoms with Gasteiger partial charge < -0.3 is 14.6 Å². The summed E-state index contributed by atoms with van der Waals surface area (Å²) in [7, 11) is -1.65. The fraction of sp³-hybridized carbons (Fsp3) is 0.600. The van der Waals surface area contributed by atoms with Gasteiger partial charge >= 0.3 is 0 Å². The first kappa shape index (κ1) is 23.3. The molecule has 0 fully saturated rings. The molecular weight excluding hydrogens is 392 g/mol. The van der Waals surface area contributed by atoms with Crippen molar-refractivity contribution in [1.82, 2.24) is 19.2 Å².